The lowest BCUT2D eigenvalue weighted by Crippen LogP contribution is -2.38. The summed E-state index contributed by atoms with van der Waals surface area (Å²) in [4.78, 5) is 12.8. The van der Waals surface area contributed by atoms with Crippen LogP contribution in [0.25, 0.3) is 0 Å². The maximum absolute atomic E-state index is 10.8. The van der Waals surface area contributed by atoms with Gasteiger partial charge >= 0.3 is 5.97 Å². The summed E-state index contributed by atoms with van der Waals surface area (Å²) in [5.41, 5.74) is -0.0247. The van der Waals surface area contributed by atoms with E-state index in [1.165, 1.54) is 0 Å². The van der Waals surface area contributed by atoms with Gasteiger partial charge in [-0.25, -0.2) is 0 Å². The fourth-order valence-corrected chi connectivity index (χ4v) is 2.42. The van der Waals surface area contributed by atoms with Gasteiger partial charge in [0, 0.05) is 12.6 Å². The van der Waals surface area contributed by atoms with Crippen molar-refractivity contribution < 1.29 is 14.6 Å². The van der Waals surface area contributed by atoms with Gasteiger partial charge in [-0.15, -0.1) is 0 Å². The highest BCUT2D eigenvalue weighted by Crippen LogP contribution is 2.32. The third-order valence-electron chi connectivity index (χ3n) is 3.39. The van der Waals surface area contributed by atoms with E-state index >= 15 is 0 Å². The number of carboxylic acids is 1. The molecule has 1 atom stereocenters. The van der Waals surface area contributed by atoms with Crippen molar-refractivity contribution in [1.29, 1.82) is 0 Å². The van der Waals surface area contributed by atoms with E-state index < -0.39 is 5.97 Å². The minimum Gasteiger partial charge on any atom is -0.480 e. The van der Waals surface area contributed by atoms with E-state index in [9.17, 15) is 4.79 Å². The Morgan fingerprint density at radius 3 is 2.56 bits per heavy atom. The van der Waals surface area contributed by atoms with E-state index in [-0.39, 0.29) is 18.2 Å². The van der Waals surface area contributed by atoms with Gasteiger partial charge in [0.2, 0.25) is 0 Å². The number of ether oxygens (including phenoxy) is 1. The Labute approximate surface area is 96.6 Å². The second-order valence-corrected chi connectivity index (χ2v) is 5.59. The van der Waals surface area contributed by atoms with Crippen molar-refractivity contribution in [1.82, 2.24) is 4.90 Å². The van der Waals surface area contributed by atoms with E-state index in [2.05, 4.69) is 18.7 Å². The van der Waals surface area contributed by atoms with Gasteiger partial charge in [-0.2, -0.15) is 0 Å². The molecule has 1 saturated carbocycles. The van der Waals surface area contributed by atoms with Crippen LogP contribution in [-0.2, 0) is 9.53 Å². The molecule has 2 aliphatic rings. The molecule has 1 unspecified atom stereocenters. The molecule has 1 aliphatic heterocycles. The van der Waals surface area contributed by atoms with Crippen molar-refractivity contribution >= 4 is 5.97 Å². The molecule has 92 valence electrons. The van der Waals surface area contributed by atoms with Crippen LogP contribution in [0.5, 0.6) is 0 Å². The Morgan fingerprint density at radius 1 is 1.44 bits per heavy atom. The first kappa shape index (κ1) is 11.9. The lowest BCUT2D eigenvalue weighted by atomic mass is 10.1. The van der Waals surface area contributed by atoms with Crippen molar-refractivity contribution in [3.8, 4) is 0 Å². The molecule has 0 spiro atoms. The summed E-state index contributed by atoms with van der Waals surface area (Å²) < 4.78 is 5.90. The molecule has 0 bridgehead atoms. The summed E-state index contributed by atoms with van der Waals surface area (Å²) in [5, 5.41) is 8.85. The minimum absolute atomic E-state index is 0.0247. The number of hydrogen-bond acceptors (Lipinski definition) is 3. The van der Waals surface area contributed by atoms with Crippen molar-refractivity contribution in [3.63, 3.8) is 0 Å². The lowest BCUT2D eigenvalue weighted by molar-refractivity contribution is -0.139. The van der Waals surface area contributed by atoms with Crippen LogP contribution in [0.1, 0.15) is 39.5 Å². The number of hydrogen-bond donors (Lipinski definition) is 1. The third kappa shape index (κ3) is 3.19. The number of aliphatic carboxylic acids is 1. The second-order valence-electron chi connectivity index (χ2n) is 5.59. The molecule has 1 aliphatic carbocycles. The number of nitrogens with zero attached hydrogens (tertiary/aromatic N) is 1. The summed E-state index contributed by atoms with van der Waals surface area (Å²) in [6, 6.07) is 0.489. The molecular weight excluding hydrogens is 206 g/mol. The minimum atomic E-state index is -0.732. The molecule has 0 radical (unpaired) electrons. The van der Waals surface area contributed by atoms with Gasteiger partial charge in [-0.3, -0.25) is 9.69 Å². The highest BCUT2D eigenvalue weighted by molar-refractivity contribution is 5.69. The molecule has 16 heavy (non-hydrogen) atoms. The fourth-order valence-electron chi connectivity index (χ4n) is 2.42. The fraction of sp³-hybridized carbons (Fsp3) is 0.917. The molecule has 0 aromatic heterocycles. The third-order valence-corrected chi connectivity index (χ3v) is 3.39. The Bertz CT molecular complexity index is 273. The van der Waals surface area contributed by atoms with Crippen molar-refractivity contribution in [2.24, 2.45) is 0 Å². The van der Waals surface area contributed by atoms with Crippen LogP contribution in [0.4, 0.5) is 0 Å². The first-order valence-electron chi connectivity index (χ1n) is 6.10. The van der Waals surface area contributed by atoms with Crippen LogP contribution in [0.3, 0.4) is 0 Å². The predicted molar refractivity (Wildman–Crippen MR) is 60.4 cm³/mol. The van der Waals surface area contributed by atoms with Crippen molar-refractivity contribution in [3.05, 3.63) is 0 Å². The highest BCUT2D eigenvalue weighted by atomic mass is 16.5. The van der Waals surface area contributed by atoms with Gasteiger partial charge in [0.15, 0.2) is 0 Å². The van der Waals surface area contributed by atoms with Gasteiger partial charge in [0.1, 0.15) is 0 Å². The molecule has 2 fully saturated rings. The largest absolute Gasteiger partial charge is 0.480 e. The van der Waals surface area contributed by atoms with Crippen LogP contribution in [0.15, 0.2) is 0 Å². The summed E-state index contributed by atoms with van der Waals surface area (Å²) in [7, 11) is 0. The summed E-state index contributed by atoms with van der Waals surface area (Å²) in [6.07, 6.45) is 4.63. The molecule has 0 amide bonds. The Hall–Kier alpha value is -0.610. The average molecular weight is 227 g/mol. The summed E-state index contributed by atoms with van der Waals surface area (Å²) >= 11 is 0. The standard InChI is InChI=1S/C12H21NO3/c1-12(2)6-5-10(16-12)7-13(8-11(14)15)9-3-4-9/h9-10H,3-8H2,1-2H3,(H,14,15). The molecule has 2 rings (SSSR count). The zero-order valence-corrected chi connectivity index (χ0v) is 10.1. The highest BCUT2D eigenvalue weighted by Gasteiger charge is 2.36. The van der Waals surface area contributed by atoms with Gasteiger partial charge in [0.05, 0.1) is 18.2 Å². The van der Waals surface area contributed by atoms with Crippen LogP contribution < -0.4 is 0 Å². The zero-order chi connectivity index (χ0) is 11.8. The van der Waals surface area contributed by atoms with Crippen molar-refractivity contribution in [2.45, 2.75) is 57.3 Å². The predicted octanol–water partition coefficient (Wildman–Crippen LogP) is 1.49. The molecule has 4 heteroatoms. The van der Waals surface area contributed by atoms with E-state index in [4.69, 9.17) is 9.84 Å². The lowest BCUT2D eigenvalue weighted by Gasteiger charge is -2.25. The SMILES string of the molecule is CC1(C)CCC(CN(CC(=O)O)C2CC2)O1. The van der Waals surface area contributed by atoms with Crippen LogP contribution in [0, 0.1) is 0 Å². The molecule has 4 nitrogen and oxygen atoms in total. The smallest absolute Gasteiger partial charge is 0.317 e. The molecule has 1 N–H and O–H groups in total. The van der Waals surface area contributed by atoms with E-state index in [1.807, 2.05) is 0 Å². The van der Waals surface area contributed by atoms with Gasteiger partial charge in [-0.05, 0) is 39.5 Å². The molecule has 0 aromatic carbocycles. The van der Waals surface area contributed by atoms with Crippen LogP contribution in [-0.4, -0.2) is 46.8 Å². The number of rotatable bonds is 5. The van der Waals surface area contributed by atoms with E-state index in [0.29, 0.717) is 6.04 Å². The summed E-state index contributed by atoms with van der Waals surface area (Å²) in [6.45, 7) is 5.14. The quantitative estimate of drug-likeness (QED) is 0.773. The van der Waals surface area contributed by atoms with E-state index in [0.717, 1.165) is 32.2 Å². The maximum Gasteiger partial charge on any atom is 0.317 e. The average Bonchev–Trinajstić information content (AvgIpc) is 2.91. The Morgan fingerprint density at radius 2 is 2.12 bits per heavy atom. The summed E-state index contributed by atoms with van der Waals surface area (Å²) in [5.74, 6) is -0.732. The first-order valence-corrected chi connectivity index (χ1v) is 6.10. The molecule has 1 saturated heterocycles. The maximum atomic E-state index is 10.8. The topological polar surface area (TPSA) is 49.8 Å². The van der Waals surface area contributed by atoms with Crippen LogP contribution >= 0.6 is 0 Å². The Balaban J connectivity index is 1.84. The molecular formula is C12H21NO3. The zero-order valence-electron chi connectivity index (χ0n) is 10.1. The van der Waals surface area contributed by atoms with Gasteiger partial charge < -0.3 is 9.84 Å². The number of carbonyl (C=O) groups is 1. The first-order chi connectivity index (χ1) is 7.46. The Kier molecular flexibility index (Phi) is 3.22. The van der Waals surface area contributed by atoms with E-state index in [1.54, 1.807) is 0 Å². The second kappa shape index (κ2) is 4.34. The number of carboxylic acid groups (broad SMARTS) is 1. The van der Waals surface area contributed by atoms with Crippen molar-refractivity contribution in [2.75, 3.05) is 13.1 Å². The van der Waals surface area contributed by atoms with Crippen LogP contribution in [0.2, 0.25) is 0 Å². The van der Waals surface area contributed by atoms with Gasteiger partial charge in [0.25, 0.3) is 0 Å². The van der Waals surface area contributed by atoms with Gasteiger partial charge in [-0.1, -0.05) is 0 Å². The molecule has 1 heterocycles. The monoisotopic (exact) mass is 227 g/mol. The molecule has 0 aromatic rings. The normalized spacial score (nSPS) is 28.6.